The number of hydrogen-bond donors (Lipinski definition) is 2. The lowest BCUT2D eigenvalue weighted by molar-refractivity contribution is 0.120. The van der Waals surface area contributed by atoms with Gasteiger partial charge in [0.15, 0.2) is 0 Å². The van der Waals surface area contributed by atoms with Gasteiger partial charge in [-0.3, -0.25) is 0 Å². The van der Waals surface area contributed by atoms with E-state index in [1.807, 2.05) is 0 Å². The number of benzene rings is 1. The predicted octanol–water partition coefficient (Wildman–Crippen LogP) is 2.02. The number of carbonyl (C=O) groups excluding carboxylic acids is 1. The molecule has 15 heavy (non-hydrogen) atoms. The summed E-state index contributed by atoms with van der Waals surface area (Å²) in [6, 6.07) is 6.63. The number of ether oxygens (including phenoxy) is 2. The molecule has 0 unspecified atom stereocenters. The number of para-hydroxylation sites is 1. The van der Waals surface area contributed by atoms with Gasteiger partial charge in [-0.1, -0.05) is 12.1 Å². The highest BCUT2D eigenvalue weighted by Crippen LogP contribution is 2.27. The van der Waals surface area contributed by atoms with E-state index in [4.69, 9.17) is 4.74 Å². The molecule has 1 aromatic heterocycles. The minimum absolute atomic E-state index is 0.104. The summed E-state index contributed by atoms with van der Waals surface area (Å²) in [5, 5.41) is 10.2. The average molecular weight is 207 g/mol. The lowest BCUT2D eigenvalue weighted by Crippen LogP contribution is -2.07. The van der Waals surface area contributed by atoms with Crippen LogP contribution in [0.4, 0.5) is 4.79 Å². The molecule has 0 amide bonds. The molecule has 0 atom stereocenters. The van der Waals surface area contributed by atoms with Crippen molar-refractivity contribution in [2.45, 2.75) is 0 Å². The second-order valence-corrected chi connectivity index (χ2v) is 2.93. The van der Waals surface area contributed by atoms with Crippen LogP contribution in [0.3, 0.4) is 0 Å². The lowest BCUT2D eigenvalue weighted by atomic mass is 10.2. The normalized spacial score (nSPS) is 10.2. The molecule has 0 bridgehead atoms. The molecule has 2 rings (SSSR count). The predicted molar refractivity (Wildman–Crippen MR) is 53.0 cm³/mol. The van der Waals surface area contributed by atoms with Gasteiger partial charge in [-0.05, 0) is 6.07 Å². The van der Waals surface area contributed by atoms with E-state index in [1.165, 1.54) is 7.11 Å². The van der Waals surface area contributed by atoms with Crippen LogP contribution in [0.25, 0.3) is 10.9 Å². The van der Waals surface area contributed by atoms with Crippen LogP contribution in [0, 0.1) is 0 Å². The zero-order chi connectivity index (χ0) is 10.8. The van der Waals surface area contributed by atoms with Crippen molar-refractivity contribution in [3.05, 3.63) is 24.3 Å². The average Bonchev–Trinajstić information content (AvgIpc) is 2.62. The number of phenols is 1. The molecule has 1 aromatic carbocycles. The molecule has 2 N–H and O–H groups in total. The molecule has 78 valence electrons. The summed E-state index contributed by atoms with van der Waals surface area (Å²) in [5.74, 6) is 0.338. The van der Waals surface area contributed by atoms with Crippen molar-refractivity contribution in [1.82, 2.24) is 4.98 Å². The standard InChI is InChI=1S/C10H9NO4/c1-14-10(13)15-8-5-6-3-2-4-7(12)9(6)11-8/h2-5,11-12H,1H3. The molecule has 0 radical (unpaired) electrons. The number of aromatic amines is 1. The largest absolute Gasteiger partial charge is 0.514 e. The molecule has 0 aliphatic rings. The molecule has 2 aromatic rings. The van der Waals surface area contributed by atoms with E-state index in [9.17, 15) is 9.90 Å². The first kappa shape index (κ1) is 9.39. The Hall–Kier alpha value is -2.17. The minimum atomic E-state index is -0.805. The summed E-state index contributed by atoms with van der Waals surface area (Å²) in [5.41, 5.74) is 0.524. The third-order valence-corrected chi connectivity index (χ3v) is 1.97. The second-order valence-electron chi connectivity index (χ2n) is 2.93. The monoisotopic (exact) mass is 207 g/mol. The number of fused-ring (bicyclic) bond motifs is 1. The van der Waals surface area contributed by atoms with Crippen molar-refractivity contribution in [1.29, 1.82) is 0 Å². The third-order valence-electron chi connectivity index (χ3n) is 1.97. The summed E-state index contributed by atoms with van der Waals surface area (Å²) < 4.78 is 9.11. The van der Waals surface area contributed by atoms with Gasteiger partial charge in [0.05, 0.1) is 12.6 Å². The number of hydrogen-bond acceptors (Lipinski definition) is 4. The van der Waals surface area contributed by atoms with Gasteiger partial charge >= 0.3 is 6.16 Å². The molecule has 0 saturated heterocycles. The van der Waals surface area contributed by atoms with Crippen molar-refractivity contribution in [2.75, 3.05) is 7.11 Å². The fraction of sp³-hybridized carbons (Fsp3) is 0.100. The van der Waals surface area contributed by atoms with Gasteiger partial charge in [0.25, 0.3) is 0 Å². The Bertz CT molecular complexity index is 503. The zero-order valence-corrected chi connectivity index (χ0v) is 7.98. The molecule has 0 spiro atoms. The molecule has 0 fully saturated rings. The number of H-pyrrole nitrogens is 1. The summed E-state index contributed by atoms with van der Waals surface area (Å²) in [7, 11) is 1.22. The van der Waals surface area contributed by atoms with Crippen LogP contribution in [0.2, 0.25) is 0 Å². The number of rotatable bonds is 1. The van der Waals surface area contributed by atoms with Gasteiger partial charge in [-0.2, -0.15) is 0 Å². The van der Waals surface area contributed by atoms with Gasteiger partial charge in [0.1, 0.15) is 5.75 Å². The zero-order valence-electron chi connectivity index (χ0n) is 7.98. The smallest absolute Gasteiger partial charge is 0.506 e. The van der Waals surface area contributed by atoms with Gasteiger partial charge in [-0.15, -0.1) is 0 Å². The van der Waals surface area contributed by atoms with E-state index in [2.05, 4.69) is 9.72 Å². The van der Waals surface area contributed by atoms with Crippen LogP contribution in [0.1, 0.15) is 0 Å². The van der Waals surface area contributed by atoms with Crippen molar-refractivity contribution in [2.24, 2.45) is 0 Å². The molecule has 0 aliphatic heterocycles. The van der Waals surface area contributed by atoms with Crippen LogP contribution in [-0.4, -0.2) is 23.4 Å². The fourth-order valence-corrected chi connectivity index (χ4v) is 1.30. The third kappa shape index (κ3) is 1.71. The lowest BCUT2D eigenvalue weighted by Gasteiger charge is -1.97. The van der Waals surface area contributed by atoms with Gasteiger partial charge in [0, 0.05) is 11.5 Å². The highest BCUT2D eigenvalue weighted by atomic mass is 16.7. The number of methoxy groups -OCH3 is 1. The van der Waals surface area contributed by atoms with Crippen molar-refractivity contribution < 1.29 is 19.4 Å². The number of nitrogens with one attached hydrogen (secondary N) is 1. The molecule has 0 aliphatic carbocycles. The SMILES string of the molecule is COC(=O)Oc1cc2cccc(O)c2[nH]1. The first-order valence-corrected chi connectivity index (χ1v) is 4.27. The maximum absolute atomic E-state index is 10.8. The van der Waals surface area contributed by atoms with Crippen molar-refractivity contribution >= 4 is 17.1 Å². The van der Waals surface area contributed by atoms with Crippen LogP contribution in [0.15, 0.2) is 24.3 Å². The number of aromatic nitrogens is 1. The summed E-state index contributed by atoms with van der Waals surface area (Å²) >= 11 is 0. The van der Waals surface area contributed by atoms with E-state index >= 15 is 0 Å². The molecule has 0 saturated carbocycles. The van der Waals surface area contributed by atoms with Gasteiger partial charge in [-0.25, -0.2) is 4.79 Å². The van der Waals surface area contributed by atoms with Crippen molar-refractivity contribution in [3.63, 3.8) is 0 Å². The fourth-order valence-electron chi connectivity index (χ4n) is 1.30. The van der Waals surface area contributed by atoms with E-state index in [0.29, 0.717) is 5.52 Å². The van der Waals surface area contributed by atoms with E-state index in [-0.39, 0.29) is 11.6 Å². The topological polar surface area (TPSA) is 71.6 Å². The maximum Gasteiger partial charge on any atom is 0.514 e. The Kier molecular flexibility index (Phi) is 2.21. The number of carbonyl (C=O) groups is 1. The molecule has 5 nitrogen and oxygen atoms in total. The van der Waals surface area contributed by atoms with E-state index in [1.54, 1.807) is 24.3 Å². The van der Waals surface area contributed by atoms with Gasteiger partial charge in [0.2, 0.25) is 5.88 Å². The Morgan fingerprint density at radius 2 is 2.27 bits per heavy atom. The first-order chi connectivity index (χ1) is 7.20. The molecule has 1 heterocycles. The number of phenolic OH excluding ortho intramolecular Hbond substituents is 1. The first-order valence-electron chi connectivity index (χ1n) is 4.27. The highest BCUT2D eigenvalue weighted by Gasteiger charge is 2.08. The maximum atomic E-state index is 10.8. The van der Waals surface area contributed by atoms with Crippen LogP contribution in [-0.2, 0) is 4.74 Å². The minimum Gasteiger partial charge on any atom is -0.506 e. The van der Waals surface area contributed by atoms with Crippen LogP contribution in [0.5, 0.6) is 11.6 Å². The Morgan fingerprint density at radius 1 is 1.47 bits per heavy atom. The molecule has 5 heteroatoms. The molecular weight excluding hydrogens is 198 g/mol. The summed E-state index contributed by atoms with van der Waals surface area (Å²) in [6.07, 6.45) is -0.805. The Labute approximate surface area is 85.2 Å². The van der Waals surface area contributed by atoms with Gasteiger partial charge < -0.3 is 19.6 Å². The second kappa shape index (κ2) is 3.53. The van der Waals surface area contributed by atoms with Crippen LogP contribution >= 0.6 is 0 Å². The van der Waals surface area contributed by atoms with E-state index < -0.39 is 6.16 Å². The summed E-state index contributed by atoms with van der Waals surface area (Å²) in [6.45, 7) is 0. The Morgan fingerprint density at radius 3 is 2.93 bits per heavy atom. The molecular formula is C10H9NO4. The van der Waals surface area contributed by atoms with Crippen LogP contribution < -0.4 is 4.74 Å². The Balaban J connectivity index is 2.39. The summed E-state index contributed by atoms with van der Waals surface area (Å²) in [4.78, 5) is 13.6. The highest BCUT2D eigenvalue weighted by molar-refractivity contribution is 5.87. The van der Waals surface area contributed by atoms with E-state index in [0.717, 1.165) is 5.39 Å². The quantitative estimate of drug-likeness (QED) is 0.701. The van der Waals surface area contributed by atoms with Crippen molar-refractivity contribution in [3.8, 4) is 11.6 Å². The number of aromatic hydroxyl groups is 1.